The number of carboxylic acid groups (broad SMARTS) is 1. The third kappa shape index (κ3) is 13.1. The smallest absolute Gasteiger partial charge is 0.327 e. The maximum Gasteiger partial charge on any atom is 0.327 e. The first kappa shape index (κ1) is 16.2. The predicted molar refractivity (Wildman–Crippen MR) is 70.0 cm³/mol. The van der Waals surface area contributed by atoms with Crippen molar-refractivity contribution in [3.8, 4) is 0 Å². The summed E-state index contributed by atoms with van der Waals surface area (Å²) in [6.07, 6.45) is 12.0. The molecule has 0 aromatic carbocycles. The van der Waals surface area contributed by atoms with Crippen LogP contribution >= 0.6 is 0 Å². The molecule has 17 heavy (non-hydrogen) atoms. The molecule has 0 spiro atoms. The zero-order valence-corrected chi connectivity index (χ0v) is 10.9. The summed E-state index contributed by atoms with van der Waals surface area (Å²) in [7, 11) is 0. The molecule has 0 aromatic heterocycles. The second kappa shape index (κ2) is 11.6. The Kier molecular flexibility index (Phi) is 11.1. The predicted octanol–water partition coefficient (Wildman–Crippen LogP) is 3.52. The van der Waals surface area contributed by atoms with Crippen molar-refractivity contribution in [2.45, 2.75) is 70.8 Å². The van der Waals surface area contributed by atoms with E-state index in [9.17, 15) is 9.90 Å². The average molecular weight is 242 g/mol. The Balaban J connectivity index is 3.28. The summed E-state index contributed by atoms with van der Waals surface area (Å²) >= 11 is 0. The summed E-state index contributed by atoms with van der Waals surface area (Å²) < 4.78 is 0. The van der Waals surface area contributed by atoms with Crippen molar-refractivity contribution in [2.24, 2.45) is 0 Å². The molecule has 0 bridgehead atoms. The number of hydrogen-bond donors (Lipinski definition) is 2. The maximum atomic E-state index is 10.2. The highest BCUT2D eigenvalue weighted by Crippen LogP contribution is 2.11. The van der Waals surface area contributed by atoms with Crippen LogP contribution in [0.25, 0.3) is 0 Å². The first-order valence-corrected chi connectivity index (χ1v) is 6.74. The molecule has 2 N–H and O–H groups in total. The van der Waals surface area contributed by atoms with Gasteiger partial charge in [-0.25, -0.2) is 4.79 Å². The number of allylic oxidation sites excluding steroid dienone is 1. The van der Waals surface area contributed by atoms with E-state index in [1.165, 1.54) is 25.7 Å². The lowest BCUT2D eigenvalue weighted by atomic mass is 10.0. The van der Waals surface area contributed by atoms with Gasteiger partial charge in [0.25, 0.3) is 0 Å². The molecule has 1 atom stereocenters. The summed E-state index contributed by atoms with van der Waals surface area (Å²) in [5, 5.41) is 18.0. The van der Waals surface area contributed by atoms with Gasteiger partial charge < -0.3 is 10.2 Å². The molecule has 0 amide bonds. The molecule has 0 heterocycles. The number of carboxylic acids is 1. The molecule has 0 fully saturated rings. The molecular weight excluding hydrogens is 216 g/mol. The van der Waals surface area contributed by atoms with Crippen LogP contribution in [0.2, 0.25) is 0 Å². The van der Waals surface area contributed by atoms with Crippen molar-refractivity contribution < 1.29 is 15.0 Å². The van der Waals surface area contributed by atoms with Crippen LogP contribution in [-0.2, 0) is 4.79 Å². The number of rotatable bonds is 11. The summed E-state index contributed by atoms with van der Waals surface area (Å²) in [6.45, 7) is 2.19. The van der Waals surface area contributed by atoms with Crippen molar-refractivity contribution in [3.63, 3.8) is 0 Å². The largest absolute Gasteiger partial charge is 0.478 e. The number of aliphatic hydroxyl groups excluding tert-OH is 1. The minimum Gasteiger partial charge on any atom is -0.478 e. The maximum absolute atomic E-state index is 10.2. The highest BCUT2D eigenvalue weighted by Gasteiger charge is 2.02. The van der Waals surface area contributed by atoms with Crippen molar-refractivity contribution in [1.29, 1.82) is 0 Å². The van der Waals surface area contributed by atoms with E-state index in [2.05, 4.69) is 6.92 Å². The van der Waals surface area contributed by atoms with Crippen molar-refractivity contribution in [2.75, 3.05) is 0 Å². The first-order chi connectivity index (χ1) is 8.16. The number of aliphatic carboxylic acids is 1. The minimum absolute atomic E-state index is 0.213. The van der Waals surface area contributed by atoms with E-state index < -0.39 is 5.97 Å². The molecule has 0 saturated heterocycles. The van der Waals surface area contributed by atoms with E-state index in [0.29, 0.717) is 0 Å². The Morgan fingerprint density at radius 3 is 2.41 bits per heavy atom. The lowest BCUT2D eigenvalue weighted by Gasteiger charge is -2.09. The van der Waals surface area contributed by atoms with Crippen LogP contribution in [0.15, 0.2) is 12.2 Å². The van der Waals surface area contributed by atoms with E-state index in [-0.39, 0.29) is 6.10 Å². The van der Waals surface area contributed by atoms with Crippen LogP contribution in [0.1, 0.15) is 64.7 Å². The first-order valence-electron chi connectivity index (χ1n) is 6.74. The quantitative estimate of drug-likeness (QED) is 0.430. The van der Waals surface area contributed by atoms with Crippen LogP contribution in [-0.4, -0.2) is 22.3 Å². The van der Waals surface area contributed by atoms with Gasteiger partial charge in [-0.1, -0.05) is 45.1 Å². The van der Waals surface area contributed by atoms with Gasteiger partial charge in [0.05, 0.1) is 6.10 Å². The fourth-order valence-electron chi connectivity index (χ4n) is 1.78. The van der Waals surface area contributed by atoms with Gasteiger partial charge >= 0.3 is 5.97 Å². The monoisotopic (exact) mass is 242 g/mol. The number of hydrogen-bond acceptors (Lipinski definition) is 2. The van der Waals surface area contributed by atoms with Gasteiger partial charge in [0.2, 0.25) is 0 Å². The third-order valence-electron chi connectivity index (χ3n) is 2.81. The fourth-order valence-corrected chi connectivity index (χ4v) is 1.78. The molecule has 0 aliphatic carbocycles. The van der Waals surface area contributed by atoms with Crippen LogP contribution in [0.5, 0.6) is 0 Å². The van der Waals surface area contributed by atoms with Crippen molar-refractivity contribution in [3.05, 3.63) is 12.2 Å². The van der Waals surface area contributed by atoms with Gasteiger partial charge in [-0.2, -0.15) is 0 Å². The summed E-state index contributed by atoms with van der Waals surface area (Å²) in [6, 6.07) is 0. The highest BCUT2D eigenvalue weighted by atomic mass is 16.4. The van der Waals surface area contributed by atoms with Crippen LogP contribution in [0.4, 0.5) is 0 Å². The Morgan fingerprint density at radius 1 is 1.12 bits per heavy atom. The SMILES string of the molecule is CCCCCCCC(O)CCC/C=C/C(=O)O. The molecule has 3 heteroatoms. The number of carbonyl (C=O) groups is 1. The zero-order chi connectivity index (χ0) is 12.9. The average Bonchev–Trinajstić information content (AvgIpc) is 2.28. The number of aliphatic hydroxyl groups is 1. The minimum atomic E-state index is -0.901. The van der Waals surface area contributed by atoms with Crippen LogP contribution in [0.3, 0.4) is 0 Å². The standard InChI is InChI=1S/C14H26O3/c1-2-3-4-5-7-10-13(15)11-8-6-9-12-14(16)17/h9,12-13,15H,2-8,10-11H2,1H3,(H,16,17)/b12-9+. The summed E-state index contributed by atoms with van der Waals surface area (Å²) in [4.78, 5) is 10.2. The molecule has 0 aliphatic rings. The van der Waals surface area contributed by atoms with E-state index in [1.54, 1.807) is 6.08 Å². The van der Waals surface area contributed by atoms with Gasteiger partial charge in [0.15, 0.2) is 0 Å². The fraction of sp³-hybridized carbons (Fsp3) is 0.786. The van der Waals surface area contributed by atoms with Gasteiger partial charge in [-0.3, -0.25) is 0 Å². The van der Waals surface area contributed by atoms with E-state index in [0.717, 1.165) is 38.2 Å². The Morgan fingerprint density at radius 2 is 1.76 bits per heavy atom. The summed E-state index contributed by atoms with van der Waals surface area (Å²) in [5.41, 5.74) is 0. The number of unbranched alkanes of at least 4 members (excludes halogenated alkanes) is 5. The highest BCUT2D eigenvalue weighted by molar-refractivity contribution is 5.79. The van der Waals surface area contributed by atoms with Crippen LogP contribution in [0, 0.1) is 0 Å². The molecule has 0 rings (SSSR count). The second-order valence-electron chi connectivity index (χ2n) is 4.53. The van der Waals surface area contributed by atoms with Crippen molar-refractivity contribution in [1.82, 2.24) is 0 Å². The van der Waals surface area contributed by atoms with Gasteiger partial charge in [0, 0.05) is 6.08 Å². The topological polar surface area (TPSA) is 57.5 Å². The molecule has 0 radical (unpaired) electrons. The van der Waals surface area contributed by atoms with E-state index in [1.807, 2.05) is 0 Å². The van der Waals surface area contributed by atoms with Crippen molar-refractivity contribution >= 4 is 5.97 Å². The Labute approximate surface area is 105 Å². The second-order valence-corrected chi connectivity index (χ2v) is 4.53. The van der Waals surface area contributed by atoms with E-state index in [4.69, 9.17) is 5.11 Å². The normalized spacial score (nSPS) is 13.1. The molecule has 0 saturated carbocycles. The third-order valence-corrected chi connectivity index (χ3v) is 2.81. The lowest BCUT2D eigenvalue weighted by molar-refractivity contribution is -0.131. The Hall–Kier alpha value is -0.830. The molecule has 1 unspecified atom stereocenters. The van der Waals surface area contributed by atoms with Gasteiger partial charge in [0.1, 0.15) is 0 Å². The Bertz CT molecular complexity index is 212. The zero-order valence-electron chi connectivity index (χ0n) is 10.9. The molecule has 0 aromatic rings. The molecule has 0 aliphatic heterocycles. The molecule has 100 valence electrons. The molecule has 3 nitrogen and oxygen atoms in total. The van der Waals surface area contributed by atoms with Gasteiger partial charge in [-0.15, -0.1) is 0 Å². The molecular formula is C14H26O3. The van der Waals surface area contributed by atoms with E-state index >= 15 is 0 Å². The summed E-state index contributed by atoms with van der Waals surface area (Å²) in [5.74, 6) is -0.901. The van der Waals surface area contributed by atoms with Crippen LogP contribution < -0.4 is 0 Å². The lowest BCUT2D eigenvalue weighted by Crippen LogP contribution is -2.05. The van der Waals surface area contributed by atoms with Gasteiger partial charge in [-0.05, 0) is 25.7 Å².